The number of aromatic hydroxyl groups is 2. The number of benzene rings is 2. The molecule has 0 bridgehead atoms. The van der Waals surface area contributed by atoms with Crippen LogP contribution in [0.3, 0.4) is 0 Å². The average molecular weight is 465 g/mol. The topological polar surface area (TPSA) is 65.2 Å². The van der Waals surface area contributed by atoms with Crippen molar-refractivity contribution in [3.63, 3.8) is 0 Å². The third kappa shape index (κ3) is 6.94. The van der Waals surface area contributed by atoms with E-state index in [1.807, 2.05) is 12.1 Å². The minimum atomic E-state index is -0.0113. The molecule has 2 N–H and O–H groups in total. The van der Waals surface area contributed by atoms with Crippen LogP contribution in [0.2, 0.25) is 0 Å². The first-order valence-electron chi connectivity index (χ1n) is 12.4. The number of hydrogen-bond acceptors (Lipinski definition) is 4. The van der Waals surface area contributed by atoms with Gasteiger partial charge in [-0.3, -0.25) is 9.98 Å². The molecule has 0 atom stereocenters. The highest BCUT2D eigenvalue weighted by Crippen LogP contribution is 2.35. The Morgan fingerprint density at radius 2 is 0.971 bits per heavy atom. The van der Waals surface area contributed by atoms with Crippen molar-refractivity contribution in [1.82, 2.24) is 0 Å². The second kappa shape index (κ2) is 10.8. The minimum absolute atomic E-state index is 0.0113. The molecule has 0 aliphatic carbocycles. The van der Waals surface area contributed by atoms with E-state index in [-0.39, 0.29) is 22.7 Å². The molecular weight excluding hydrogens is 420 g/mol. The van der Waals surface area contributed by atoms with Gasteiger partial charge in [0.1, 0.15) is 11.5 Å². The molecule has 0 unspecified atom stereocenters. The zero-order valence-corrected chi connectivity index (χ0v) is 22.8. The fourth-order valence-corrected chi connectivity index (χ4v) is 3.74. The maximum atomic E-state index is 10.7. The lowest BCUT2D eigenvalue weighted by atomic mass is 9.83. The molecule has 0 radical (unpaired) electrons. The summed E-state index contributed by atoms with van der Waals surface area (Å²) in [7, 11) is 0. The van der Waals surface area contributed by atoms with Gasteiger partial charge in [-0.25, -0.2) is 0 Å². The molecule has 2 aromatic carbocycles. The van der Waals surface area contributed by atoms with Crippen LogP contribution in [0.1, 0.15) is 114 Å². The van der Waals surface area contributed by atoms with Crippen molar-refractivity contribution in [1.29, 1.82) is 0 Å². The first kappa shape index (κ1) is 27.6. The predicted octanol–water partition coefficient (Wildman–Crippen LogP) is 7.48. The summed E-state index contributed by atoms with van der Waals surface area (Å²) >= 11 is 0. The van der Waals surface area contributed by atoms with Crippen LogP contribution < -0.4 is 0 Å². The molecule has 186 valence electrons. The van der Waals surface area contributed by atoms with Gasteiger partial charge in [-0.15, -0.1) is 0 Å². The first-order chi connectivity index (χ1) is 15.6. The van der Waals surface area contributed by atoms with Crippen LogP contribution in [0.5, 0.6) is 11.5 Å². The van der Waals surface area contributed by atoms with Gasteiger partial charge in [-0.05, 0) is 57.1 Å². The molecular formula is C30H44N2O2. The van der Waals surface area contributed by atoms with Gasteiger partial charge in [0.25, 0.3) is 0 Å². The minimum Gasteiger partial charge on any atom is -0.507 e. The van der Waals surface area contributed by atoms with Crippen LogP contribution in [0.25, 0.3) is 0 Å². The van der Waals surface area contributed by atoms with Gasteiger partial charge < -0.3 is 10.2 Å². The van der Waals surface area contributed by atoms with Gasteiger partial charge in [0.05, 0.1) is 13.1 Å². The fourth-order valence-electron chi connectivity index (χ4n) is 3.74. The predicted molar refractivity (Wildman–Crippen MR) is 147 cm³/mol. The maximum Gasteiger partial charge on any atom is 0.127 e. The third-order valence-electron chi connectivity index (χ3n) is 6.13. The van der Waals surface area contributed by atoms with Gasteiger partial charge >= 0.3 is 0 Å². The van der Waals surface area contributed by atoms with E-state index in [1.54, 1.807) is 12.4 Å². The molecule has 0 aliphatic heterocycles. The van der Waals surface area contributed by atoms with E-state index in [2.05, 4.69) is 91.4 Å². The Labute approximate surface area is 206 Å². The summed E-state index contributed by atoms with van der Waals surface area (Å²) in [6.07, 6.45) is 3.50. The number of phenolic OH excluding ortho intramolecular Hbond substituents is 2. The van der Waals surface area contributed by atoms with Crippen LogP contribution in [0.15, 0.2) is 34.3 Å². The van der Waals surface area contributed by atoms with E-state index in [4.69, 9.17) is 0 Å². The standard InChI is InChI=1S/C30H44N2O2/c1-19(2)25-15-23(29(5,6)7)13-21(27(25)33)17-31-11-12-32-18-22-14-24(30(8,9)10)16-26(20(3)4)28(22)34/h13-20,33-34H,11-12H2,1-10H3. The van der Waals surface area contributed by atoms with Gasteiger partial charge in [0, 0.05) is 23.6 Å². The summed E-state index contributed by atoms with van der Waals surface area (Å²) in [5.41, 5.74) is 5.73. The summed E-state index contributed by atoms with van der Waals surface area (Å²) in [6.45, 7) is 22.4. The highest BCUT2D eigenvalue weighted by atomic mass is 16.3. The summed E-state index contributed by atoms with van der Waals surface area (Å²) in [5.74, 6) is 1.07. The normalized spacial score (nSPS) is 13.2. The summed E-state index contributed by atoms with van der Waals surface area (Å²) in [4.78, 5) is 9.04. The van der Waals surface area contributed by atoms with Crippen molar-refractivity contribution in [2.24, 2.45) is 9.98 Å². The molecule has 0 saturated heterocycles. The largest absolute Gasteiger partial charge is 0.507 e. The van der Waals surface area contributed by atoms with Crippen LogP contribution in [0, 0.1) is 0 Å². The van der Waals surface area contributed by atoms with Crippen molar-refractivity contribution in [3.8, 4) is 11.5 Å². The molecule has 2 aromatic rings. The maximum absolute atomic E-state index is 10.7. The second-order valence-corrected chi connectivity index (χ2v) is 11.9. The van der Waals surface area contributed by atoms with E-state index in [0.29, 0.717) is 24.6 Å². The van der Waals surface area contributed by atoms with E-state index >= 15 is 0 Å². The van der Waals surface area contributed by atoms with Gasteiger partial charge in [-0.2, -0.15) is 0 Å². The SMILES string of the molecule is CC(C)c1cc(C(C)(C)C)cc(C=NCCN=Cc2cc(C(C)(C)C)cc(C(C)C)c2O)c1O. The molecule has 0 amide bonds. The number of nitrogens with zero attached hydrogens (tertiary/aromatic N) is 2. The summed E-state index contributed by atoms with van der Waals surface area (Å²) in [6, 6.07) is 8.26. The Bertz CT molecular complexity index is 963. The van der Waals surface area contributed by atoms with E-state index in [1.165, 1.54) is 11.1 Å². The molecule has 2 rings (SSSR count). The molecule has 0 aromatic heterocycles. The Morgan fingerprint density at radius 1 is 0.647 bits per heavy atom. The summed E-state index contributed by atoms with van der Waals surface area (Å²) < 4.78 is 0. The Hall–Kier alpha value is -2.62. The monoisotopic (exact) mass is 464 g/mol. The average Bonchev–Trinajstić information content (AvgIpc) is 2.70. The highest BCUT2D eigenvalue weighted by molar-refractivity contribution is 5.85. The van der Waals surface area contributed by atoms with Gasteiger partial charge in [-0.1, -0.05) is 81.4 Å². The van der Waals surface area contributed by atoms with Crippen LogP contribution in [-0.4, -0.2) is 35.7 Å². The number of rotatable bonds is 7. The lowest BCUT2D eigenvalue weighted by molar-refractivity contribution is 0.461. The highest BCUT2D eigenvalue weighted by Gasteiger charge is 2.20. The fraction of sp³-hybridized carbons (Fsp3) is 0.533. The van der Waals surface area contributed by atoms with Crippen LogP contribution >= 0.6 is 0 Å². The van der Waals surface area contributed by atoms with Crippen LogP contribution in [-0.2, 0) is 10.8 Å². The van der Waals surface area contributed by atoms with Crippen LogP contribution in [0.4, 0.5) is 0 Å². The van der Waals surface area contributed by atoms with E-state index in [0.717, 1.165) is 22.3 Å². The lowest BCUT2D eigenvalue weighted by Gasteiger charge is -2.23. The smallest absolute Gasteiger partial charge is 0.127 e. The molecule has 0 aliphatic rings. The quantitative estimate of drug-likeness (QED) is 0.329. The number of aliphatic imine (C=N–C) groups is 2. The van der Waals surface area contributed by atoms with Crippen molar-refractivity contribution >= 4 is 12.4 Å². The zero-order chi connectivity index (χ0) is 25.8. The molecule has 4 heteroatoms. The van der Waals surface area contributed by atoms with E-state index in [9.17, 15) is 10.2 Å². The van der Waals surface area contributed by atoms with Gasteiger partial charge in [0.2, 0.25) is 0 Å². The van der Waals surface area contributed by atoms with E-state index < -0.39 is 0 Å². The Balaban J connectivity index is 2.20. The molecule has 0 fully saturated rings. The number of phenols is 2. The summed E-state index contributed by atoms with van der Waals surface area (Å²) in [5, 5.41) is 21.5. The van der Waals surface area contributed by atoms with Crippen molar-refractivity contribution in [2.45, 2.75) is 91.9 Å². The zero-order valence-electron chi connectivity index (χ0n) is 22.8. The van der Waals surface area contributed by atoms with Crippen molar-refractivity contribution in [3.05, 3.63) is 57.6 Å². The molecule has 4 nitrogen and oxygen atoms in total. The molecule has 0 spiro atoms. The van der Waals surface area contributed by atoms with Gasteiger partial charge in [0.15, 0.2) is 0 Å². The first-order valence-corrected chi connectivity index (χ1v) is 12.4. The molecule has 34 heavy (non-hydrogen) atoms. The third-order valence-corrected chi connectivity index (χ3v) is 6.13. The van der Waals surface area contributed by atoms with Crippen molar-refractivity contribution < 1.29 is 10.2 Å². The molecule has 0 heterocycles. The van der Waals surface area contributed by atoms with Crippen molar-refractivity contribution in [2.75, 3.05) is 13.1 Å². The molecule has 0 saturated carbocycles. The number of hydrogen-bond donors (Lipinski definition) is 2. The Kier molecular flexibility index (Phi) is 8.74. The second-order valence-electron chi connectivity index (χ2n) is 11.9. The lowest BCUT2D eigenvalue weighted by Crippen LogP contribution is -2.13. The Morgan fingerprint density at radius 3 is 1.24 bits per heavy atom.